The van der Waals surface area contributed by atoms with Crippen molar-refractivity contribution >= 4 is 0 Å². The molecule has 1 fully saturated rings. The smallest absolute Gasteiger partial charge is 0.385 e. The van der Waals surface area contributed by atoms with Crippen LogP contribution in [0.5, 0.6) is 0 Å². The molecule has 1 saturated carbocycles. The Bertz CT molecular complexity index is 396. The summed E-state index contributed by atoms with van der Waals surface area (Å²) in [6.45, 7) is 0. The van der Waals surface area contributed by atoms with E-state index in [1.807, 2.05) is 0 Å². The fraction of sp³-hybridized carbons (Fsp3) is 0.455. The number of benzene rings is 1. The van der Waals surface area contributed by atoms with Gasteiger partial charge < -0.3 is 10.8 Å². The lowest BCUT2D eigenvalue weighted by molar-refractivity contribution is -0.137. The van der Waals surface area contributed by atoms with Crippen molar-refractivity contribution in [3.8, 4) is 0 Å². The second kappa shape index (κ2) is 3.46. The van der Waals surface area contributed by atoms with E-state index in [4.69, 9.17) is 5.73 Å². The molecule has 1 aliphatic carbocycles. The first-order valence-corrected chi connectivity index (χ1v) is 4.97. The highest BCUT2D eigenvalue weighted by molar-refractivity contribution is 5.32. The Kier molecular flexibility index (Phi) is 2.47. The van der Waals surface area contributed by atoms with Crippen molar-refractivity contribution in [3.63, 3.8) is 0 Å². The zero-order valence-electron chi connectivity index (χ0n) is 8.46. The number of hydrogen-bond donors (Lipinski definition) is 2. The number of aliphatic hydroxyl groups is 1. The van der Waals surface area contributed by atoms with E-state index in [-0.39, 0.29) is 6.04 Å². The molecule has 0 aromatic heterocycles. The van der Waals surface area contributed by atoms with Crippen LogP contribution in [-0.4, -0.2) is 11.1 Å². The summed E-state index contributed by atoms with van der Waals surface area (Å²) in [6, 6.07) is 4.66. The summed E-state index contributed by atoms with van der Waals surface area (Å²) in [5.74, 6) is 0. The topological polar surface area (TPSA) is 46.2 Å². The Balaban J connectivity index is 2.30. The lowest BCUT2D eigenvalue weighted by Gasteiger charge is -2.42. The maximum atomic E-state index is 12.4. The van der Waals surface area contributed by atoms with Crippen LogP contribution in [0.15, 0.2) is 24.3 Å². The molecule has 0 spiro atoms. The van der Waals surface area contributed by atoms with Crippen LogP contribution in [0, 0.1) is 0 Å². The van der Waals surface area contributed by atoms with Crippen molar-refractivity contribution in [3.05, 3.63) is 35.4 Å². The van der Waals surface area contributed by atoms with Crippen LogP contribution < -0.4 is 5.73 Å². The minimum absolute atomic E-state index is 0.125. The van der Waals surface area contributed by atoms with E-state index in [9.17, 15) is 18.3 Å². The van der Waals surface area contributed by atoms with Gasteiger partial charge >= 0.3 is 6.18 Å². The van der Waals surface area contributed by atoms with Crippen molar-refractivity contribution < 1.29 is 18.3 Å². The average Bonchev–Trinajstić information content (AvgIpc) is 2.14. The summed E-state index contributed by atoms with van der Waals surface area (Å²) in [7, 11) is 0. The highest BCUT2D eigenvalue weighted by Crippen LogP contribution is 2.41. The molecule has 0 heterocycles. The fourth-order valence-corrected chi connectivity index (χ4v) is 2.03. The van der Waals surface area contributed by atoms with Crippen molar-refractivity contribution in [1.82, 2.24) is 0 Å². The number of nitrogens with two attached hydrogens (primary N) is 1. The van der Waals surface area contributed by atoms with Gasteiger partial charge in [-0.2, -0.15) is 13.2 Å². The minimum Gasteiger partial charge on any atom is -0.385 e. The molecule has 1 aromatic carbocycles. The van der Waals surface area contributed by atoms with Crippen LogP contribution in [0.25, 0.3) is 0 Å². The van der Waals surface area contributed by atoms with E-state index in [0.29, 0.717) is 18.4 Å². The molecule has 0 aliphatic heterocycles. The Hall–Kier alpha value is -1.07. The van der Waals surface area contributed by atoms with Gasteiger partial charge in [-0.25, -0.2) is 0 Å². The van der Waals surface area contributed by atoms with Gasteiger partial charge in [-0.15, -0.1) is 0 Å². The van der Waals surface area contributed by atoms with Gasteiger partial charge in [0.2, 0.25) is 0 Å². The monoisotopic (exact) mass is 231 g/mol. The van der Waals surface area contributed by atoms with E-state index >= 15 is 0 Å². The highest BCUT2D eigenvalue weighted by Gasteiger charge is 2.43. The van der Waals surface area contributed by atoms with Crippen LogP contribution in [0.1, 0.15) is 24.0 Å². The first-order chi connectivity index (χ1) is 7.31. The van der Waals surface area contributed by atoms with Crippen LogP contribution in [0.3, 0.4) is 0 Å². The molecule has 2 rings (SSSR count). The second-order valence-corrected chi connectivity index (χ2v) is 4.28. The Morgan fingerprint density at radius 3 is 2.44 bits per heavy atom. The third kappa shape index (κ3) is 1.92. The van der Waals surface area contributed by atoms with Gasteiger partial charge in [-0.3, -0.25) is 0 Å². The number of rotatable bonds is 1. The molecule has 1 aliphatic rings. The van der Waals surface area contributed by atoms with Gasteiger partial charge in [0.25, 0.3) is 0 Å². The van der Waals surface area contributed by atoms with E-state index in [1.165, 1.54) is 12.1 Å². The molecule has 0 radical (unpaired) electrons. The van der Waals surface area contributed by atoms with Crippen molar-refractivity contribution in [2.75, 3.05) is 0 Å². The summed E-state index contributed by atoms with van der Waals surface area (Å²) in [6.07, 6.45) is -3.75. The molecular weight excluding hydrogens is 219 g/mol. The van der Waals surface area contributed by atoms with Gasteiger partial charge in [0.1, 0.15) is 0 Å². The van der Waals surface area contributed by atoms with Gasteiger partial charge in [0, 0.05) is 6.04 Å². The van der Waals surface area contributed by atoms with Gasteiger partial charge in [-0.05, 0) is 30.5 Å². The highest BCUT2D eigenvalue weighted by atomic mass is 19.4. The molecule has 2 nitrogen and oxygen atoms in total. The molecule has 0 amide bonds. The lowest BCUT2D eigenvalue weighted by Crippen LogP contribution is -2.49. The molecule has 0 unspecified atom stereocenters. The van der Waals surface area contributed by atoms with Crippen LogP contribution in [0.4, 0.5) is 13.2 Å². The van der Waals surface area contributed by atoms with Crippen LogP contribution >= 0.6 is 0 Å². The molecule has 5 heteroatoms. The maximum Gasteiger partial charge on any atom is 0.416 e. The lowest BCUT2D eigenvalue weighted by atomic mass is 9.71. The maximum absolute atomic E-state index is 12.4. The predicted octanol–water partition coefficient (Wildman–Crippen LogP) is 2.01. The minimum atomic E-state index is -4.38. The van der Waals surface area contributed by atoms with Crippen molar-refractivity contribution in [2.45, 2.75) is 30.7 Å². The summed E-state index contributed by atoms with van der Waals surface area (Å²) in [4.78, 5) is 0. The normalized spacial score (nSPS) is 29.9. The van der Waals surface area contributed by atoms with Crippen molar-refractivity contribution in [2.24, 2.45) is 5.73 Å². The molecule has 0 atom stereocenters. The van der Waals surface area contributed by atoms with Crippen LogP contribution in [-0.2, 0) is 11.8 Å². The molecule has 0 bridgehead atoms. The van der Waals surface area contributed by atoms with E-state index in [2.05, 4.69) is 0 Å². The van der Waals surface area contributed by atoms with Crippen molar-refractivity contribution in [1.29, 1.82) is 0 Å². The number of alkyl halides is 3. The quantitative estimate of drug-likeness (QED) is 0.776. The third-order valence-corrected chi connectivity index (χ3v) is 2.93. The zero-order chi connectivity index (χ0) is 12.0. The first kappa shape index (κ1) is 11.4. The van der Waals surface area contributed by atoms with Gasteiger partial charge in [-0.1, -0.05) is 12.1 Å². The number of hydrogen-bond acceptors (Lipinski definition) is 2. The largest absolute Gasteiger partial charge is 0.416 e. The summed E-state index contributed by atoms with van der Waals surface area (Å²) in [5.41, 5.74) is 3.91. The average molecular weight is 231 g/mol. The molecular formula is C11H12F3NO. The second-order valence-electron chi connectivity index (χ2n) is 4.28. The third-order valence-electron chi connectivity index (χ3n) is 2.93. The summed E-state index contributed by atoms with van der Waals surface area (Å²) >= 11 is 0. The Labute approximate surface area is 90.9 Å². The SMILES string of the molecule is NC1CC(O)(c2cccc(C(F)(F)F)c2)C1. The Morgan fingerprint density at radius 2 is 1.94 bits per heavy atom. The molecule has 3 N–H and O–H groups in total. The van der Waals surface area contributed by atoms with Gasteiger partial charge in [0.15, 0.2) is 0 Å². The zero-order valence-corrected chi connectivity index (χ0v) is 8.46. The molecule has 0 saturated heterocycles. The Morgan fingerprint density at radius 1 is 1.31 bits per heavy atom. The predicted molar refractivity (Wildman–Crippen MR) is 52.6 cm³/mol. The number of halogens is 3. The summed E-state index contributed by atoms with van der Waals surface area (Å²) < 4.78 is 37.3. The van der Waals surface area contributed by atoms with E-state index < -0.39 is 17.3 Å². The fourth-order valence-electron chi connectivity index (χ4n) is 2.03. The first-order valence-electron chi connectivity index (χ1n) is 4.97. The molecule has 88 valence electrons. The van der Waals surface area contributed by atoms with E-state index in [1.54, 1.807) is 0 Å². The van der Waals surface area contributed by atoms with Gasteiger partial charge in [0.05, 0.1) is 11.2 Å². The molecule has 16 heavy (non-hydrogen) atoms. The molecule has 1 aromatic rings. The summed E-state index contributed by atoms with van der Waals surface area (Å²) in [5, 5.41) is 9.99. The standard InChI is InChI=1S/C11H12F3NO/c12-11(13,14)8-3-1-2-7(4-8)10(16)5-9(15)6-10/h1-4,9,16H,5-6,15H2. The van der Waals surface area contributed by atoms with Crippen LogP contribution in [0.2, 0.25) is 0 Å². The van der Waals surface area contributed by atoms with E-state index in [0.717, 1.165) is 12.1 Å².